The van der Waals surface area contributed by atoms with E-state index in [2.05, 4.69) is 61.5 Å². The molecule has 27 heavy (non-hydrogen) atoms. The summed E-state index contributed by atoms with van der Waals surface area (Å²) in [6.07, 6.45) is 27.2. The van der Waals surface area contributed by atoms with E-state index in [0.29, 0.717) is 0 Å². The molecule has 0 unspecified atom stereocenters. The van der Waals surface area contributed by atoms with Crippen molar-refractivity contribution in [2.45, 2.75) is 110 Å². The maximum atomic E-state index is 2.31. The Morgan fingerprint density at radius 1 is 0.630 bits per heavy atom. The molecule has 0 atom stereocenters. The number of rotatable bonds is 18. The highest BCUT2D eigenvalue weighted by Crippen LogP contribution is 2.14. The van der Waals surface area contributed by atoms with Gasteiger partial charge in [0, 0.05) is 12.7 Å². The van der Waals surface area contributed by atoms with Crippen molar-refractivity contribution in [1.29, 1.82) is 0 Å². The number of allylic oxidation sites excluding steroid dienone is 1. The molecule has 1 aromatic carbocycles. The predicted octanol–water partition coefficient (Wildman–Crippen LogP) is 8.90. The Labute approximate surface area is 170 Å². The van der Waals surface area contributed by atoms with E-state index in [-0.39, 0.29) is 0 Å². The second-order valence-electron chi connectivity index (χ2n) is 8.07. The fraction of sp³-hybridized carbons (Fsp3) is 0.692. The third-order valence-corrected chi connectivity index (χ3v) is 5.47. The fourth-order valence-corrected chi connectivity index (χ4v) is 3.62. The van der Waals surface area contributed by atoms with Crippen LogP contribution in [-0.2, 0) is 0 Å². The normalized spacial score (nSPS) is 11.3. The Balaban J connectivity index is 1.80. The van der Waals surface area contributed by atoms with Gasteiger partial charge in [-0.1, -0.05) is 121 Å². The predicted molar refractivity (Wildman–Crippen MR) is 124 cm³/mol. The minimum atomic E-state index is 1.20. The first kappa shape index (κ1) is 23.8. The van der Waals surface area contributed by atoms with Gasteiger partial charge in [-0.15, -0.1) is 0 Å². The zero-order valence-electron chi connectivity index (χ0n) is 18.3. The molecular formula is C26H45N. The third kappa shape index (κ3) is 14.5. The van der Waals surface area contributed by atoms with Crippen LogP contribution >= 0.6 is 0 Å². The van der Waals surface area contributed by atoms with Crippen LogP contribution in [0.3, 0.4) is 0 Å². The van der Waals surface area contributed by atoms with Crippen molar-refractivity contribution in [2.24, 2.45) is 0 Å². The highest BCUT2D eigenvalue weighted by Gasteiger charge is 1.95. The smallest absolute Gasteiger partial charge is 0.0403 e. The summed E-state index contributed by atoms with van der Waals surface area (Å²) in [7, 11) is 2.12. The average Bonchev–Trinajstić information content (AvgIpc) is 2.70. The van der Waals surface area contributed by atoms with Crippen molar-refractivity contribution in [3.63, 3.8) is 0 Å². The Hall–Kier alpha value is -1.24. The molecule has 0 aliphatic rings. The Morgan fingerprint density at radius 3 is 1.56 bits per heavy atom. The van der Waals surface area contributed by atoms with E-state index >= 15 is 0 Å². The molecule has 0 amide bonds. The minimum absolute atomic E-state index is 1.20. The zero-order chi connectivity index (χ0) is 19.4. The van der Waals surface area contributed by atoms with Gasteiger partial charge in [-0.2, -0.15) is 0 Å². The van der Waals surface area contributed by atoms with Gasteiger partial charge in [0.15, 0.2) is 0 Å². The largest absolute Gasteiger partial charge is 0.351 e. The first-order valence-electron chi connectivity index (χ1n) is 11.8. The molecule has 0 fully saturated rings. The molecule has 1 nitrogen and oxygen atoms in total. The summed E-state index contributed by atoms with van der Waals surface area (Å²) >= 11 is 0. The van der Waals surface area contributed by atoms with Crippen LogP contribution in [0.25, 0.3) is 0 Å². The van der Waals surface area contributed by atoms with Crippen LogP contribution < -0.4 is 4.90 Å². The van der Waals surface area contributed by atoms with Gasteiger partial charge >= 0.3 is 0 Å². The van der Waals surface area contributed by atoms with E-state index in [1.165, 1.54) is 108 Å². The van der Waals surface area contributed by atoms with E-state index in [4.69, 9.17) is 0 Å². The molecule has 1 heteroatoms. The molecule has 0 bridgehead atoms. The Bertz CT molecular complexity index is 437. The van der Waals surface area contributed by atoms with Crippen molar-refractivity contribution in [2.75, 3.05) is 11.9 Å². The van der Waals surface area contributed by atoms with E-state index in [9.17, 15) is 0 Å². The zero-order valence-corrected chi connectivity index (χ0v) is 18.3. The topological polar surface area (TPSA) is 3.24 Å². The van der Waals surface area contributed by atoms with Crippen molar-refractivity contribution in [1.82, 2.24) is 0 Å². The summed E-state index contributed by atoms with van der Waals surface area (Å²) in [6.45, 7) is 2.29. The molecule has 1 aromatic rings. The highest BCUT2D eigenvalue weighted by molar-refractivity contribution is 5.47. The molecule has 0 aliphatic carbocycles. The van der Waals surface area contributed by atoms with Gasteiger partial charge in [-0.05, 0) is 31.2 Å². The second kappa shape index (κ2) is 18.1. The summed E-state index contributed by atoms with van der Waals surface area (Å²) in [5, 5.41) is 0. The number of benzene rings is 1. The average molecular weight is 372 g/mol. The van der Waals surface area contributed by atoms with Gasteiger partial charge in [0.25, 0.3) is 0 Å². The number of anilines is 1. The number of unbranched alkanes of at least 4 members (excludes halogenated alkanes) is 15. The van der Waals surface area contributed by atoms with Crippen LogP contribution in [0, 0.1) is 0 Å². The van der Waals surface area contributed by atoms with Gasteiger partial charge in [-0.25, -0.2) is 0 Å². The molecular weight excluding hydrogens is 326 g/mol. The molecule has 0 saturated carbocycles. The molecule has 0 aliphatic heterocycles. The molecule has 0 N–H and O–H groups in total. The van der Waals surface area contributed by atoms with Crippen molar-refractivity contribution < 1.29 is 0 Å². The Morgan fingerprint density at radius 2 is 1.07 bits per heavy atom. The molecule has 1 rings (SSSR count). The quantitative estimate of drug-likeness (QED) is 0.233. The first-order chi connectivity index (χ1) is 13.3. The third-order valence-electron chi connectivity index (χ3n) is 5.47. The molecule has 0 saturated heterocycles. The summed E-state index contributed by atoms with van der Waals surface area (Å²) in [5.41, 5.74) is 1.25. The second-order valence-corrected chi connectivity index (χ2v) is 8.07. The lowest BCUT2D eigenvalue weighted by molar-refractivity contribution is 0.533. The van der Waals surface area contributed by atoms with Crippen LogP contribution in [0.5, 0.6) is 0 Å². The maximum absolute atomic E-state index is 2.31. The molecule has 0 spiro atoms. The standard InChI is InChI=1S/C26H45N/c1-3-4-5-6-7-8-9-10-11-12-13-14-15-16-17-18-22-25-27(2)26-23-20-19-21-24-26/h19-25H,3-18H2,1-2H3. The van der Waals surface area contributed by atoms with Crippen LogP contribution in [0.15, 0.2) is 42.6 Å². The summed E-state index contributed by atoms with van der Waals surface area (Å²) < 4.78 is 0. The fourth-order valence-electron chi connectivity index (χ4n) is 3.62. The SMILES string of the molecule is CCCCCCCCCCCCCCCCCC=CN(C)c1ccccc1. The van der Waals surface area contributed by atoms with Gasteiger partial charge in [0.05, 0.1) is 0 Å². The number of nitrogens with zero attached hydrogens (tertiary/aromatic N) is 1. The van der Waals surface area contributed by atoms with Gasteiger partial charge in [0.2, 0.25) is 0 Å². The van der Waals surface area contributed by atoms with Gasteiger partial charge in [-0.3, -0.25) is 0 Å². The van der Waals surface area contributed by atoms with Crippen LogP contribution in [0.2, 0.25) is 0 Å². The highest BCUT2D eigenvalue weighted by atomic mass is 15.1. The van der Waals surface area contributed by atoms with Crippen molar-refractivity contribution in [3.8, 4) is 0 Å². The van der Waals surface area contributed by atoms with E-state index < -0.39 is 0 Å². The van der Waals surface area contributed by atoms with E-state index in [1.54, 1.807) is 0 Å². The minimum Gasteiger partial charge on any atom is -0.351 e. The summed E-state index contributed by atoms with van der Waals surface area (Å²) in [5.74, 6) is 0. The lowest BCUT2D eigenvalue weighted by atomic mass is 10.0. The van der Waals surface area contributed by atoms with E-state index in [1.807, 2.05) is 0 Å². The number of hydrogen-bond acceptors (Lipinski definition) is 1. The lowest BCUT2D eigenvalue weighted by Crippen LogP contribution is -2.06. The van der Waals surface area contributed by atoms with Crippen LogP contribution in [0.4, 0.5) is 5.69 Å². The molecule has 0 heterocycles. The van der Waals surface area contributed by atoms with Crippen LogP contribution in [-0.4, -0.2) is 7.05 Å². The summed E-state index contributed by atoms with van der Waals surface area (Å²) in [4.78, 5) is 2.20. The van der Waals surface area contributed by atoms with Gasteiger partial charge < -0.3 is 4.90 Å². The van der Waals surface area contributed by atoms with Crippen molar-refractivity contribution in [3.05, 3.63) is 42.6 Å². The Kier molecular flexibility index (Phi) is 16.0. The van der Waals surface area contributed by atoms with E-state index in [0.717, 1.165) is 0 Å². The molecule has 0 aromatic heterocycles. The van der Waals surface area contributed by atoms with Gasteiger partial charge in [0.1, 0.15) is 0 Å². The number of para-hydroxylation sites is 1. The molecule has 154 valence electrons. The lowest BCUT2D eigenvalue weighted by Gasteiger charge is -2.13. The summed E-state index contributed by atoms with van der Waals surface area (Å²) in [6, 6.07) is 10.6. The monoisotopic (exact) mass is 371 g/mol. The number of hydrogen-bond donors (Lipinski definition) is 0. The van der Waals surface area contributed by atoms with Crippen molar-refractivity contribution >= 4 is 5.69 Å². The van der Waals surface area contributed by atoms with Crippen LogP contribution in [0.1, 0.15) is 110 Å². The maximum Gasteiger partial charge on any atom is 0.0403 e. The molecule has 0 radical (unpaired) electrons. The first-order valence-corrected chi connectivity index (χ1v) is 11.8.